The molecule has 120 valence electrons. The van der Waals surface area contributed by atoms with Crippen LogP contribution in [0.25, 0.3) is 0 Å². The Labute approximate surface area is 123 Å². The molecule has 0 fully saturated rings. The fourth-order valence-electron chi connectivity index (χ4n) is 2.04. The van der Waals surface area contributed by atoms with Gasteiger partial charge in [-0.3, -0.25) is 15.1 Å². The highest BCUT2D eigenvalue weighted by atomic mass is 19.4. The average molecular weight is 318 g/mol. The molecule has 0 saturated heterocycles. The molecule has 0 spiro atoms. The second kappa shape index (κ2) is 6.58. The van der Waals surface area contributed by atoms with Crippen molar-refractivity contribution in [3.8, 4) is 5.88 Å². The van der Waals surface area contributed by atoms with Crippen molar-refractivity contribution in [3.63, 3.8) is 0 Å². The SMILES string of the molecule is O=[N+]([O-])CC1=NCCCN1Cc1ccc(OC(F)(F)F)nc1. The molecule has 2 heterocycles. The number of halogens is 3. The Bertz CT molecular complexity index is 560. The molecule has 0 saturated carbocycles. The minimum atomic E-state index is -4.78. The van der Waals surface area contributed by atoms with Gasteiger partial charge in [0.1, 0.15) is 0 Å². The van der Waals surface area contributed by atoms with Crippen molar-refractivity contribution in [2.24, 2.45) is 4.99 Å². The monoisotopic (exact) mass is 318 g/mol. The van der Waals surface area contributed by atoms with E-state index < -0.39 is 17.2 Å². The third kappa shape index (κ3) is 4.86. The first-order chi connectivity index (χ1) is 10.3. The summed E-state index contributed by atoms with van der Waals surface area (Å²) in [5.41, 5.74) is 0.618. The predicted octanol–water partition coefficient (Wildman–Crippen LogP) is 1.86. The molecule has 1 aromatic rings. The molecule has 0 bridgehead atoms. The van der Waals surface area contributed by atoms with Crippen LogP contribution in [-0.4, -0.2) is 46.6 Å². The number of nitrogens with zero attached hydrogens (tertiary/aromatic N) is 4. The Hall–Kier alpha value is -2.39. The minimum absolute atomic E-state index is 0.298. The average Bonchev–Trinajstić information content (AvgIpc) is 2.41. The van der Waals surface area contributed by atoms with Crippen LogP contribution >= 0.6 is 0 Å². The smallest absolute Gasteiger partial charge is 0.388 e. The van der Waals surface area contributed by atoms with E-state index in [1.165, 1.54) is 12.3 Å². The van der Waals surface area contributed by atoms with E-state index in [-0.39, 0.29) is 6.54 Å². The molecule has 1 aliphatic rings. The van der Waals surface area contributed by atoms with Crippen LogP contribution in [0.4, 0.5) is 13.2 Å². The zero-order valence-electron chi connectivity index (χ0n) is 11.4. The van der Waals surface area contributed by atoms with Crippen LogP contribution in [0.1, 0.15) is 12.0 Å². The normalized spacial score (nSPS) is 15.4. The number of alkyl halides is 3. The van der Waals surface area contributed by atoms with Crippen LogP contribution < -0.4 is 4.74 Å². The summed E-state index contributed by atoms with van der Waals surface area (Å²) in [6.45, 7) is 1.07. The number of rotatable bonds is 5. The molecule has 0 unspecified atom stereocenters. The summed E-state index contributed by atoms with van der Waals surface area (Å²) in [4.78, 5) is 19.6. The van der Waals surface area contributed by atoms with Gasteiger partial charge in [-0.1, -0.05) is 6.07 Å². The van der Waals surface area contributed by atoms with Crippen molar-refractivity contribution < 1.29 is 22.8 Å². The van der Waals surface area contributed by atoms with Crippen molar-refractivity contribution in [1.29, 1.82) is 0 Å². The van der Waals surface area contributed by atoms with Gasteiger partial charge in [0.25, 0.3) is 6.54 Å². The summed E-state index contributed by atoms with van der Waals surface area (Å²) in [7, 11) is 0. The first-order valence-corrected chi connectivity index (χ1v) is 6.44. The minimum Gasteiger partial charge on any atom is -0.388 e. The van der Waals surface area contributed by atoms with E-state index in [0.717, 1.165) is 12.5 Å². The number of aliphatic imine (C=N–C) groups is 1. The standard InChI is InChI=1S/C12H13F3N4O3/c13-12(14,15)22-11-3-2-9(6-17-11)7-18-5-1-4-16-10(18)8-19(20)21/h2-3,6H,1,4-5,7-8H2. The Balaban J connectivity index is 2.02. The van der Waals surface area contributed by atoms with Gasteiger partial charge >= 0.3 is 6.36 Å². The van der Waals surface area contributed by atoms with Gasteiger partial charge in [-0.25, -0.2) is 4.98 Å². The van der Waals surface area contributed by atoms with E-state index in [2.05, 4.69) is 14.7 Å². The van der Waals surface area contributed by atoms with Gasteiger partial charge in [0.05, 0.1) is 0 Å². The second-order valence-electron chi connectivity index (χ2n) is 4.62. The Morgan fingerprint density at radius 3 is 2.77 bits per heavy atom. The van der Waals surface area contributed by atoms with Crippen molar-refractivity contribution in [3.05, 3.63) is 34.0 Å². The zero-order chi connectivity index (χ0) is 16.2. The van der Waals surface area contributed by atoms with Crippen molar-refractivity contribution in [1.82, 2.24) is 9.88 Å². The molecule has 0 aliphatic carbocycles. The number of aromatic nitrogens is 1. The Morgan fingerprint density at radius 2 is 2.18 bits per heavy atom. The molecule has 0 atom stereocenters. The molecule has 22 heavy (non-hydrogen) atoms. The van der Waals surface area contributed by atoms with Gasteiger partial charge in [-0.05, 0) is 12.0 Å². The highest BCUT2D eigenvalue weighted by Crippen LogP contribution is 2.21. The third-order valence-electron chi connectivity index (χ3n) is 2.91. The van der Waals surface area contributed by atoms with Crippen molar-refractivity contribution >= 4 is 5.84 Å². The third-order valence-corrected chi connectivity index (χ3v) is 2.91. The van der Waals surface area contributed by atoms with Gasteiger partial charge in [0, 0.05) is 36.8 Å². The van der Waals surface area contributed by atoms with Gasteiger partial charge in [-0.2, -0.15) is 0 Å². The quantitative estimate of drug-likeness (QED) is 0.611. The van der Waals surface area contributed by atoms with Crippen LogP contribution in [0.3, 0.4) is 0 Å². The summed E-state index contributed by atoms with van der Waals surface area (Å²) in [5, 5.41) is 10.6. The number of nitro groups is 1. The summed E-state index contributed by atoms with van der Waals surface area (Å²) in [6.07, 6.45) is -2.77. The lowest BCUT2D eigenvalue weighted by Gasteiger charge is -2.27. The van der Waals surface area contributed by atoms with Crippen molar-refractivity contribution in [2.75, 3.05) is 19.6 Å². The maximum Gasteiger partial charge on any atom is 0.574 e. The molecule has 0 N–H and O–H groups in total. The van der Waals surface area contributed by atoms with E-state index in [4.69, 9.17) is 0 Å². The Kier molecular flexibility index (Phi) is 4.78. The molecule has 0 aromatic carbocycles. The molecule has 7 nitrogen and oxygen atoms in total. The van der Waals surface area contributed by atoms with Gasteiger partial charge in [0.15, 0.2) is 5.84 Å². The largest absolute Gasteiger partial charge is 0.574 e. The summed E-state index contributed by atoms with van der Waals surface area (Å²) < 4.78 is 39.8. The molecular weight excluding hydrogens is 305 g/mol. The molecule has 0 amide bonds. The summed E-state index contributed by atoms with van der Waals surface area (Å²) >= 11 is 0. The number of hydrogen-bond donors (Lipinski definition) is 0. The fraction of sp³-hybridized carbons (Fsp3) is 0.500. The first-order valence-electron chi connectivity index (χ1n) is 6.44. The number of pyridine rings is 1. The van der Waals surface area contributed by atoms with Gasteiger partial charge < -0.3 is 9.64 Å². The van der Waals surface area contributed by atoms with Crippen LogP contribution in [-0.2, 0) is 6.54 Å². The van der Waals surface area contributed by atoms with Crippen molar-refractivity contribution in [2.45, 2.75) is 19.3 Å². The summed E-state index contributed by atoms with van der Waals surface area (Å²) in [6, 6.07) is 2.55. The zero-order valence-corrected chi connectivity index (χ0v) is 11.4. The fourth-order valence-corrected chi connectivity index (χ4v) is 2.04. The predicted molar refractivity (Wildman–Crippen MR) is 70.1 cm³/mol. The van der Waals surface area contributed by atoms with E-state index >= 15 is 0 Å². The van der Waals surface area contributed by atoms with Crippen LogP contribution in [0.5, 0.6) is 5.88 Å². The molecule has 10 heteroatoms. The molecule has 1 aromatic heterocycles. The first kappa shape index (κ1) is 16.0. The van der Waals surface area contributed by atoms with E-state index in [0.29, 0.717) is 31.0 Å². The van der Waals surface area contributed by atoms with Gasteiger partial charge in [-0.15, -0.1) is 13.2 Å². The van der Waals surface area contributed by atoms with E-state index in [1.54, 1.807) is 4.90 Å². The number of hydrogen-bond acceptors (Lipinski definition) is 6. The maximum atomic E-state index is 12.0. The van der Waals surface area contributed by atoms with E-state index in [9.17, 15) is 23.3 Å². The van der Waals surface area contributed by atoms with Gasteiger partial charge in [0.2, 0.25) is 5.88 Å². The highest BCUT2D eigenvalue weighted by molar-refractivity contribution is 5.83. The maximum absolute atomic E-state index is 12.0. The number of amidine groups is 1. The molecule has 1 aliphatic heterocycles. The molecule has 0 radical (unpaired) electrons. The second-order valence-corrected chi connectivity index (χ2v) is 4.62. The molecule has 2 rings (SSSR count). The molecular formula is C12H13F3N4O3. The van der Waals surface area contributed by atoms with Crippen LogP contribution in [0.2, 0.25) is 0 Å². The highest BCUT2D eigenvalue weighted by Gasteiger charge is 2.31. The topological polar surface area (TPSA) is 80.9 Å². The lowest BCUT2D eigenvalue weighted by atomic mass is 10.2. The van der Waals surface area contributed by atoms with Crippen LogP contribution in [0.15, 0.2) is 23.3 Å². The Morgan fingerprint density at radius 1 is 1.41 bits per heavy atom. The lowest BCUT2D eigenvalue weighted by molar-refractivity contribution is -0.464. The van der Waals surface area contributed by atoms with Crippen LogP contribution in [0, 0.1) is 10.1 Å². The summed E-state index contributed by atoms with van der Waals surface area (Å²) in [5.74, 6) is -0.180. The lowest BCUT2D eigenvalue weighted by Crippen LogP contribution is -2.39. The number of ether oxygens (including phenoxy) is 1. The van der Waals surface area contributed by atoms with E-state index in [1.807, 2.05) is 0 Å².